The van der Waals surface area contributed by atoms with Crippen molar-refractivity contribution in [1.82, 2.24) is 19.8 Å². The van der Waals surface area contributed by atoms with Gasteiger partial charge in [-0.2, -0.15) is 0 Å². The number of nitrogens with zero attached hydrogens (tertiary/aromatic N) is 4. The molecule has 0 radical (unpaired) electrons. The van der Waals surface area contributed by atoms with Gasteiger partial charge in [0.25, 0.3) is 0 Å². The van der Waals surface area contributed by atoms with Crippen LogP contribution in [-0.4, -0.2) is 81.8 Å². The zero-order chi connectivity index (χ0) is 29.7. The Kier molecular flexibility index (Phi) is 8.87. The maximum absolute atomic E-state index is 12.3. The van der Waals surface area contributed by atoms with Gasteiger partial charge in [0.2, 0.25) is 0 Å². The first-order chi connectivity index (χ1) is 19.4. The molecule has 11 heteroatoms. The molecule has 0 atom stereocenters. The number of benzene rings is 2. The van der Waals surface area contributed by atoms with Crippen LogP contribution in [0.5, 0.6) is 0 Å². The van der Waals surface area contributed by atoms with E-state index >= 15 is 0 Å². The van der Waals surface area contributed by atoms with Gasteiger partial charge in [0.15, 0.2) is 5.82 Å². The standard InChI is InChI=1S/C30H35N5O6/c1-19-24(27(36)37)26(33-25(31-19)21-8-10-22(11-9-21)28(38)40-5)32-23-12-6-20(7-13-23)18-34-14-16-35(17-15-34)29(39)41-30(2,3)4/h6-13H,14-18H2,1-5H3,(H,36,37)(H,31,32,33). The third-order valence-corrected chi connectivity index (χ3v) is 6.51. The summed E-state index contributed by atoms with van der Waals surface area (Å²) in [5.74, 6) is -1.10. The molecule has 0 unspecified atom stereocenters. The van der Waals surface area contributed by atoms with Crippen molar-refractivity contribution >= 4 is 29.5 Å². The molecule has 4 rings (SSSR count). The van der Waals surface area contributed by atoms with Gasteiger partial charge in [-0.25, -0.2) is 24.4 Å². The lowest BCUT2D eigenvalue weighted by Crippen LogP contribution is -2.49. The summed E-state index contributed by atoms with van der Waals surface area (Å²) in [7, 11) is 1.31. The van der Waals surface area contributed by atoms with Gasteiger partial charge in [-0.15, -0.1) is 0 Å². The lowest BCUT2D eigenvalue weighted by atomic mass is 10.1. The number of carbonyl (C=O) groups is 3. The minimum Gasteiger partial charge on any atom is -0.477 e. The fraction of sp³-hybridized carbons (Fsp3) is 0.367. The Labute approximate surface area is 239 Å². The van der Waals surface area contributed by atoms with Crippen LogP contribution in [0, 0.1) is 6.92 Å². The number of carboxylic acid groups (broad SMARTS) is 1. The van der Waals surface area contributed by atoms with E-state index in [0.29, 0.717) is 41.4 Å². The molecule has 1 aliphatic heterocycles. The topological polar surface area (TPSA) is 134 Å². The number of rotatable bonds is 7. The second kappa shape index (κ2) is 12.3. The number of carbonyl (C=O) groups excluding carboxylic acids is 2. The van der Waals surface area contributed by atoms with Crippen LogP contribution in [0.2, 0.25) is 0 Å². The van der Waals surface area contributed by atoms with Gasteiger partial charge in [-0.1, -0.05) is 24.3 Å². The van der Waals surface area contributed by atoms with Crippen molar-refractivity contribution in [3.63, 3.8) is 0 Å². The Bertz CT molecular complexity index is 1410. The number of methoxy groups -OCH3 is 1. The van der Waals surface area contributed by atoms with Crippen LogP contribution in [-0.2, 0) is 16.0 Å². The number of piperazine rings is 1. The van der Waals surface area contributed by atoms with E-state index in [9.17, 15) is 19.5 Å². The second-order valence-electron chi connectivity index (χ2n) is 10.8. The molecule has 1 aliphatic rings. The first-order valence-corrected chi connectivity index (χ1v) is 13.3. The molecule has 3 aromatic rings. The van der Waals surface area contributed by atoms with Crippen LogP contribution in [0.15, 0.2) is 48.5 Å². The van der Waals surface area contributed by atoms with E-state index in [4.69, 9.17) is 9.47 Å². The van der Waals surface area contributed by atoms with Gasteiger partial charge in [0, 0.05) is 44.0 Å². The molecule has 1 saturated heterocycles. The Morgan fingerprint density at radius 1 is 0.951 bits per heavy atom. The summed E-state index contributed by atoms with van der Waals surface area (Å²) in [4.78, 5) is 49.0. The lowest BCUT2D eigenvalue weighted by molar-refractivity contribution is 0.0138. The molecule has 41 heavy (non-hydrogen) atoms. The predicted octanol–water partition coefficient (Wildman–Crippen LogP) is 4.73. The molecule has 2 heterocycles. The molecule has 1 fully saturated rings. The summed E-state index contributed by atoms with van der Waals surface area (Å²) in [6.07, 6.45) is -0.283. The van der Waals surface area contributed by atoms with Crippen LogP contribution < -0.4 is 5.32 Å². The minimum atomic E-state index is -1.14. The van der Waals surface area contributed by atoms with Crippen molar-refractivity contribution in [3.8, 4) is 11.4 Å². The largest absolute Gasteiger partial charge is 0.477 e. The van der Waals surface area contributed by atoms with Gasteiger partial charge >= 0.3 is 18.0 Å². The number of ether oxygens (including phenoxy) is 2. The van der Waals surface area contributed by atoms with Gasteiger partial charge in [-0.05, 0) is 57.5 Å². The minimum absolute atomic E-state index is 0.0214. The summed E-state index contributed by atoms with van der Waals surface area (Å²) < 4.78 is 10.2. The smallest absolute Gasteiger partial charge is 0.410 e. The second-order valence-corrected chi connectivity index (χ2v) is 10.8. The van der Waals surface area contributed by atoms with Gasteiger partial charge in [0.05, 0.1) is 18.4 Å². The van der Waals surface area contributed by atoms with Crippen molar-refractivity contribution in [3.05, 3.63) is 70.9 Å². The third-order valence-electron chi connectivity index (χ3n) is 6.51. The number of anilines is 2. The van der Waals surface area contributed by atoms with Crippen molar-refractivity contribution in [1.29, 1.82) is 0 Å². The molecule has 2 N–H and O–H groups in total. The highest BCUT2D eigenvalue weighted by atomic mass is 16.6. The highest BCUT2D eigenvalue weighted by molar-refractivity contribution is 5.95. The first kappa shape index (κ1) is 29.5. The zero-order valence-corrected chi connectivity index (χ0v) is 23.9. The summed E-state index contributed by atoms with van der Waals surface area (Å²) in [6.45, 7) is 10.6. The average molecular weight is 562 g/mol. The van der Waals surface area contributed by atoms with Crippen LogP contribution in [0.25, 0.3) is 11.4 Å². The summed E-state index contributed by atoms with van der Waals surface area (Å²) >= 11 is 0. The van der Waals surface area contributed by atoms with Crippen molar-refractivity contribution < 1.29 is 29.0 Å². The fourth-order valence-electron chi connectivity index (χ4n) is 4.43. The number of hydrogen-bond acceptors (Lipinski definition) is 9. The van der Waals surface area contributed by atoms with Crippen LogP contribution >= 0.6 is 0 Å². The van der Waals surface area contributed by atoms with Crippen LogP contribution in [0.3, 0.4) is 0 Å². The molecule has 0 bridgehead atoms. The molecule has 216 valence electrons. The molecule has 0 aliphatic carbocycles. The number of esters is 1. The number of aromatic carboxylic acids is 1. The zero-order valence-electron chi connectivity index (χ0n) is 23.9. The number of amides is 1. The maximum Gasteiger partial charge on any atom is 0.410 e. The molecule has 1 aromatic heterocycles. The van der Waals surface area contributed by atoms with E-state index in [-0.39, 0.29) is 17.5 Å². The Hall–Kier alpha value is -4.51. The first-order valence-electron chi connectivity index (χ1n) is 13.3. The number of aryl methyl sites for hydroxylation is 1. The normalized spacial score (nSPS) is 13.9. The monoisotopic (exact) mass is 561 g/mol. The molecule has 2 aromatic carbocycles. The third kappa shape index (κ3) is 7.57. The van der Waals surface area contributed by atoms with Crippen LogP contribution in [0.4, 0.5) is 16.3 Å². The highest BCUT2D eigenvalue weighted by Crippen LogP contribution is 2.26. The molecule has 0 saturated carbocycles. The van der Waals surface area contributed by atoms with E-state index in [1.54, 1.807) is 36.1 Å². The Morgan fingerprint density at radius 2 is 1.59 bits per heavy atom. The van der Waals surface area contributed by atoms with Crippen molar-refractivity contribution in [2.45, 2.75) is 39.8 Å². The molecule has 0 spiro atoms. The SMILES string of the molecule is COC(=O)c1ccc(-c2nc(C)c(C(=O)O)c(Nc3ccc(CN4CCN(C(=O)OC(C)(C)C)CC4)cc3)n2)cc1. The average Bonchev–Trinajstić information content (AvgIpc) is 2.92. The molecular formula is C30H35N5O6. The van der Waals surface area contributed by atoms with Gasteiger partial charge in [-0.3, -0.25) is 4.90 Å². The molecule has 11 nitrogen and oxygen atoms in total. The maximum atomic E-state index is 12.3. The number of hydrogen-bond donors (Lipinski definition) is 2. The number of carboxylic acids is 1. The molecular weight excluding hydrogens is 526 g/mol. The van der Waals surface area contributed by atoms with E-state index in [1.807, 2.05) is 45.0 Å². The van der Waals surface area contributed by atoms with Crippen LogP contribution in [0.1, 0.15) is 52.7 Å². The van der Waals surface area contributed by atoms with Gasteiger partial charge < -0.3 is 24.8 Å². The highest BCUT2D eigenvalue weighted by Gasteiger charge is 2.26. The lowest BCUT2D eigenvalue weighted by Gasteiger charge is -2.35. The van der Waals surface area contributed by atoms with Crippen molar-refractivity contribution in [2.24, 2.45) is 0 Å². The number of nitrogens with one attached hydrogen (secondary N) is 1. The Morgan fingerprint density at radius 3 is 2.15 bits per heavy atom. The van der Waals surface area contributed by atoms with Crippen molar-refractivity contribution in [2.75, 3.05) is 38.6 Å². The Balaban J connectivity index is 1.44. The summed E-state index contributed by atoms with van der Waals surface area (Å²) in [5.41, 5.74) is 2.55. The summed E-state index contributed by atoms with van der Waals surface area (Å²) in [6, 6.07) is 14.3. The quantitative estimate of drug-likeness (QED) is 0.390. The number of aromatic nitrogens is 2. The van der Waals surface area contributed by atoms with E-state index in [0.717, 1.165) is 25.2 Å². The predicted molar refractivity (Wildman–Crippen MR) is 153 cm³/mol. The van der Waals surface area contributed by atoms with E-state index < -0.39 is 17.5 Å². The van der Waals surface area contributed by atoms with E-state index in [2.05, 4.69) is 20.2 Å². The molecule has 1 amide bonds. The fourth-order valence-corrected chi connectivity index (χ4v) is 4.43. The van der Waals surface area contributed by atoms with E-state index in [1.165, 1.54) is 7.11 Å². The van der Waals surface area contributed by atoms with Gasteiger partial charge in [0.1, 0.15) is 17.0 Å². The summed E-state index contributed by atoms with van der Waals surface area (Å²) in [5, 5.41) is 13.0.